The fraction of sp³-hybridized carbons (Fsp3) is 1.00. The summed E-state index contributed by atoms with van der Waals surface area (Å²) in [5.74, 6) is 0. The van der Waals surface area contributed by atoms with Crippen LogP contribution in [-0.4, -0.2) is 41.2 Å². The molecule has 0 saturated carbocycles. The van der Waals surface area contributed by atoms with E-state index in [9.17, 15) is 0 Å². The lowest BCUT2D eigenvalue weighted by Gasteiger charge is -2.37. The second-order valence-electron chi connectivity index (χ2n) is 4.85. The van der Waals surface area contributed by atoms with Gasteiger partial charge in [0.25, 0.3) is 0 Å². The molecule has 0 fully saturated rings. The van der Waals surface area contributed by atoms with Crippen molar-refractivity contribution in [2.24, 2.45) is 11.5 Å². The van der Waals surface area contributed by atoms with Crippen LogP contribution in [0.4, 0.5) is 0 Å². The molecule has 0 amide bonds. The Balaban J connectivity index is 5.04. The quantitative estimate of drug-likeness (QED) is 0.537. The highest BCUT2D eigenvalue weighted by atomic mass is 28.4. The monoisotopic (exact) mass is 292 g/mol. The maximum absolute atomic E-state index is 6.06. The van der Waals surface area contributed by atoms with E-state index in [1.54, 1.807) is 0 Å². The van der Waals surface area contributed by atoms with Gasteiger partial charge in [0.1, 0.15) is 0 Å². The average Bonchev–Trinajstić information content (AvgIpc) is 2.40. The zero-order chi connectivity index (χ0) is 14.7. The smallest absolute Gasteiger partial charge is 0.373 e. The van der Waals surface area contributed by atoms with Crippen molar-refractivity contribution in [2.45, 2.75) is 58.5 Å². The molecule has 0 aromatic carbocycles. The molecule has 0 aliphatic carbocycles. The summed E-state index contributed by atoms with van der Waals surface area (Å²) >= 11 is 0. The first-order valence-corrected chi connectivity index (χ1v) is 9.25. The summed E-state index contributed by atoms with van der Waals surface area (Å²) in [6.45, 7) is 10.5. The molecular weight excluding hydrogens is 260 g/mol. The molecule has 0 aliphatic rings. The molecule has 0 aromatic rings. The lowest BCUT2D eigenvalue weighted by atomic mass is 10.2. The Morgan fingerprint density at radius 1 is 0.895 bits per heavy atom. The van der Waals surface area contributed by atoms with Crippen LogP contribution in [0.2, 0.25) is 5.54 Å². The van der Waals surface area contributed by atoms with Crippen molar-refractivity contribution in [3.8, 4) is 0 Å². The van der Waals surface area contributed by atoms with E-state index < -0.39 is 8.80 Å². The SMILES string of the molecule is CCCO[Si](OCCC)(OCCC)C(CN)C(C)N. The van der Waals surface area contributed by atoms with Crippen molar-refractivity contribution in [3.05, 3.63) is 0 Å². The molecule has 0 rings (SSSR count). The van der Waals surface area contributed by atoms with Gasteiger partial charge in [-0.25, -0.2) is 0 Å². The van der Waals surface area contributed by atoms with Crippen LogP contribution in [0.15, 0.2) is 0 Å². The van der Waals surface area contributed by atoms with Crippen LogP contribution >= 0.6 is 0 Å². The van der Waals surface area contributed by atoms with E-state index in [0.717, 1.165) is 19.3 Å². The highest BCUT2D eigenvalue weighted by Gasteiger charge is 2.50. The van der Waals surface area contributed by atoms with Crippen LogP contribution in [0.5, 0.6) is 0 Å². The third kappa shape index (κ3) is 6.33. The number of hydrogen-bond donors (Lipinski definition) is 2. The Kier molecular flexibility index (Phi) is 10.8. The summed E-state index contributed by atoms with van der Waals surface area (Å²) < 4.78 is 18.1. The number of hydrogen-bond acceptors (Lipinski definition) is 5. The second-order valence-corrected chi connectivity index (χ2v) is 7.66. The predicted molar refractivity (Wildman–Crippen MR) is 80.9 cm³/mol. The van der Waals surface area contributed by atoms with Gasteiger partial charge in [0.05, 0.1) is 5.54 Å². The highest BCUT2D eigenvalue weighted by Crippen LogP contribution is 2.28. The van der Waals surface area contributed by atoms with E-state index in [4.69, 9.17) is 24.7 Å². The molecule has 5 nitrogen and oxygen atoms in total. The molecule has 6 heteroatoms. The third-order valence-electron chi connectivity index (χ3n) is 2.86. The van der Waals surface area contributed by atoms with Crippen molar-refractivity contribution in [2.75, 3.05) is 26.4 Å². The summed E-state index contributed by atoms with van der Waals surface area (Å²) in [4.78, 5) is 0. The van der Waals surface area contributed by atoms with Gasteiger partial charge in [-0.05, 0) is 26.2 Å². The molecule has 0 radical (unpaired) electrons. The summed E-state index contributed by atoms with van der Waals surface area (Å²) in [7, 11) is -2.80. The van der Waals surface area contributed by atoms with E-state index >= 15 is 0 Å². The van der Waals surface area contributed by atoms with Crippen LogP contribution in [0, 0.1) is 0 Å². The summed E-state index contributed by atoms with van der Waals surface area (Å²) in [5, 5.41) is 0. The van der Waals surface area contributed by atoms with Crippen molar-refractivity contribution in [1.29, 1.82) is 0 Å². The molecular formula is C13H32N2O3Si. The fourth-order valence-corrected chi connectivity index (χ4v) is 5.15. The summed E-state index contributed by atoms with van der Waals surface area (Å²) in [6, 6.07) is -0.0952. The van der Waals surface area contributed by atoms with Gasteiger partial charge in [-0.15, -0.1) is 0 Å². The number of nitrogens with two attached hydrogens (primary N) is 2. The summed E-state index contributed by atoms with van der Waals surface area (Å²) in [6.07, 6.45) is 2.78. The molecule has 0 bridgehead atoms. The standard InChI is InChI=1S/C13H32N2O3Si/c1-5-8-16-19(17-9-6-2,18-10-7-3)13(11-14)12(4)15/h12-13H,5-11,14-15H2,1-4H3. The first kappa shape index (κ1) is 19.0. The molecule has 0 saturated heterocycles. The van der Waals surface area contributed by atoms with Crippen LogP contribution in [-0.2, 0) is 13.3 Å². The highest BCUT2D eigenvalue weighted by molar-refractivity contribution is 6.62. The van der Waals surface area contributed by atoms with Gasteiger partial charge < -0.3 is 24.7 Å². The Morgan fingerprint density at radius 2 is 1.26 bits per heavy atom. The van der Waals surface area contributed by atoms with Crippen molar-refractivity contribution in [1.82, 2.24) is 0 Å². The first-order chi connectivity index (χ1) is 9.07. The van der Waals surface area contributed by atoms with Gasteiger partial charge in [-0.3, -0.25) is 0 Å². The van der Waals surface area contributed by atoms with E-state index in [1.807, 2.05) is 6.92 Å². The van der Waals surface area contributed by atoms with Crippen molar-refractivity contribution in [3.63, 3.8) is 0 Å². The lowest BCUT2D eigenvalue weighted by molar-refractivity contribution is 0.0479. The van der Waals surface area contributed by atoms with Gasteiger partial charge in [-0.2, -0.15) is 0 Å². The van der Waals surface area contributed by atoms with Crippen LogP contribution in [0.3, 0.4) is 0 Å². The van der Waals surface area contributed by atoms with Crippen molar-refractivity contribution < 1.29 is 13.3 Å². The zero-order valence-electron chi connectivity index (χ0n) is 13.0. The van der Waals surface area contributed by atoms with Crippen molar-refractivity contribution >= 4 is 8.80 Å². The largest absolute Gasteiger partial charge is 0.507 e. The Hall–Kier alpha value is 0.0169. The Labute approximate surface area is 119 Å². The lowest BCUT2D eigenvalue weighted by Crippen LogP contribution is -2.57. The van der Waals surface area contributed by atoms with Crippen LogP contribution in [0.25, 0.3) is 0 Å². The average molecular weight is 292 g/mol. The molecule has 0 aromatic heterocycles. The molecule has 116 valence electrons. The molecule has 2 unspecified atom stereocenters. The van der Waals surface area contributed by atoms with Gasteiger partial charge >= 0.3 is 8.80 Å². The predicted octanol–water partition coefficient (Wildman–Crippen LogP) is 1.88. The molecule has 4 N–H and O–H groups in total. The topological polar surface area (TPSA) is 79.7 Å². The van der Waals surface area contributed by atoms with Crippen LogP contribution in [0.1, 0.15) is 47.0 Å². The Bertz CT molecular complexity index is 196. The van der Waals surface area contributed by atoms with Gasteiger partial charge in [0.15, 0.2) is 0 Å². The minimum Gasteiger partial charge on any atom is -0.373 e. The van der Waals surface area contributed by atoms with E-state index in [0.29, 0.717) is 26.4 Å². The Morgan fingerprint density at radius 3 is 1.47 bits per heavy atom. The molecule has 19 heavy (non-hydrogen) atoms. The minimum absolute atomic E-state index is 0.0443. The van der Waals surface area contributed by atoms with E-state index in [2.05, 4.69) is 20.8 Å². The fourth-order valence-electron chi connectivity index (χ4n) is 1.86. The van der Waals surface area contributed by atoms with Gasteiger partial charge in [0.2, 0.25) is 0 Å². The van der Waals surface area contributed by atoms with E-state index in [1.165, 1.54) is 0 Å². The molecule has 0 heterocycles. The van der Waals surface area contributed by atoms with Gasteiger partial charge in [-0.1, -0.05) is 20.8 Å². The van der Waals surface area contributed by atoms with E-state index in [-0.39, 0.29) is 11.6 Å². The molecule has 2 atom stereocenters. The van der Waals surface area contributed by atoms with Gasteiger partial charge in [0, 0.05) is 32.4 Å². The first-order valence-electron chi connectivity index (χ1n) is 7.45. The summed E-state index contributed by atoms with van der Waals surface area (Å²) in [5.41, 5.74) is 11.9. The molecule has 0 spiro atoms. The third-order valence-corrected chi connectivity index (χ3v) is 6.35. The minimum atomic E-state index is -2.80. The molecule has 0 aliphatic heterocycles. The van der Waals surface area contributed by atoms with Crippen LogP contribution < -0.4 is 11.5 Å². The maximum Gasteiger partial charge on any atom is 0.507 e. The normalized spacial score (nSPS) is 15.5. The number of rotatable bonds is 12. The zero-order valence-corrected chi connectivity index (χ0v) is 14.0. The second kappa shape index (κ2) is 10.8. The maximum atomic E-state index is 6.06.